The molecule has 8 aromatic rings. The molecule has 182 valence electrons. The maximum absolute atomic E-state index is 5.25. The number of para-hydroxylation sites is 1. The monoisotopic (exact) mass is 514 g/mol. The van der Waals surface area contributed by atoms with Crippen molar-refractivity contribution in [1.82, 2.24) is 9.97 Å². The van der Waals surface area contributed by atoms with Crippen LogP contribution in [0.4, 0.5) is 0 Å². The normalized spacial score (nSPS) is 11.6. The van der Waals surface area contributed by atoms with E-state index in [1.807, 2.05) is 17.4 Å². The van der Waals surface area contributed by atoms with E-state index in [4.69, 9.17) is 9.97 Å². The molecule has 2 heterocycles. The standard InChI is InChI=1S/C36H22N2S/c1-2-9-23(10-3-1)24-17-19-26(20-18-24)36-37-31-15-6-4-13-29(31)34(38-36)30-14-8-11-25-21-22-28-27-12-5-7-16-32(27)39-35(28)33(25)30/h1-22H. The van der Waals surface area contributed by atoms with Crippen LogP contribution >= 0.6 is 11.3 Å². The smallest absolute Gasteiger partial charge is 0.160 e. The van der Waals surface area contributed by atoms with Crippen LogP contribution in [0.25, 0.3) is 75.6 Å². The number of aromatic nitrogens is 2. The van der Waals surface area contributed by atoms with Crippen molar-refractivity contribution >= 4 is 53.2 Å². The van der Waals surface area contributed by atoms with Crippen LogP contribution in [0.5, 0.6) is 0 Å². The number of fused-ring (bicyclic) bond motifs is 6. The van der Waals surface area contributed by atoms with E-state index >= 15 is 0 Å². The number of thiophene rings is 1. The molecule has 8 rings (SSSR count). The van der Waals surface area contributed by atoms with Crippen LogP contribution in [0, 0.1) is 0 Å². The molecule has 0 bridgehead atoms. The molecule has 0 amide bonds. The first-order valence-electron chi connectivity index (χ1n) is 13.1. The third-order valence-corrected chi connectivity index (χ3v) is 8.70. The highest BCUT2D eigenvalue weighted by molar-refractivity contribution is 7.26. The minimum absolute atomic E-state index is 0.740. The largest absolute Gasteiger partial charge is 0.228 e. The molecular formula is C36H22N2S. The Labute approximate surface area is 229 Å². The second kappa shape index (κ2) is 8.87. The van der Waals surface area contributed by atoms with Crippen molar-refractivity contribution in [3.05, 3.63) is 133 Å². The molecule has 0 aliphatic carbocycles. The lowest BCUT2D eigenvalue weighted by Gasteiger charge is -2.12. The number of nitrogens with zero attached hydrogens (tertiary/aromatic N) is 2. The number of hydrogen-bond acceptors (Lipinski definition) is 3. The molecule has 0 atom stereocenters. The molecule has 6 aromatic carbocycles. The van der Waals surface area contributed by atoms with Crippen LogP contribution in [-0.2, 0) is 0 Å². The van der Waals surface area contributed by atoms with Crippen molar-refractivity contribution in [3.8, 4) is 33.8 Å². The lowest BCUT2D eigenvalue weighted by atomic mass is 9.97. The molecule has 39 heavy (non-hydrogen) atoms. The molecule has 0 spiro atoms. The molecule has 3 heteroatoms. The van der Waals surface area contributed by atoms with E-state index in [0.717, 1.165) is 33.5 Å². The second-order valence-corrected chi connectivity index (χ2v) is 10.9. The quantitative estimate of drug-likeness (QED) is 0.234. The maximum atomic E-state index is 5.25. The third kappa shape index (κ3) is 3.63. The lowest BCUT2D eigenvalue weighted by molar-refractivity contribution is 1.23. The fourth-order valence-corrected chi connectivity index (χ4v) is 6.88. The Balaban J connectivity index is 1.38. The van der Waals surface area contributed by atoms with Crippen LogP contribution in [0.1, 0.15) is 0 Å². The van der Waals surface area contributed by atoms with Gasteiger partial charge in [-0.25, -0.2) is 9.97 Å². The Morgan fingerprint density at radius 2 is 1.18 bits per heavy atom. The Bertz CT molecular complexity index is 2160. The summed E-state index contributed by atoms with van der Waals surface area (Å²) in [4.78, 5) is 10.3. The summed E-state index contributed by atoms with van der Waals surface area (Å²) in [7, 11) is 0. The van der Waals surface area contributed by atoms with Crippen molar-refractivity contribution in [2.75, 3.05) is 0 Å². The van der Waals surface area contributed by atoms with E-state index in [1.54, 1.807) is 0 Å². The van der Waals surface area contributed by atoms with Gasteiger partial charge in [-0.05, 0) is 28.6 Å². The van der Waals surface area contributed by atoms with Gasteiger partial charge in [-0.2, -0.15) is 0 Å². The van der Waals surface area contributed by atoms with Gasteiger partial charge in [-0.1, -0.05) is 121 Å². The first kappa shape index (κ1) is 22.2. The van der Waals surface area contributed by atoms with E-state index in [0.29, 0.717) is 0 Å². The van der Waals surface area contributed by atoms with Gasteiger partial charge in [0.25, 0.3) is 0 Å². The Morgan fingerprint density at radius 3 is 2.05 bits per heavy atom. The zero-order chi connectivity index (χ0) is 25.8. The summed E-state index contributed by atoms with van der Waals surface area (Å²) in [6.45, 7) is 0. The van der Waals surface area contributed by atoms with E-state index in [1.165, 1.54) is 42.1 Å². The average molecular weight is 515 g/mol. The summed E-state index contributed by atoms with van der Waals surface area (Å²) >= 11 is 1.86. The first-order chi connectivity index (χ1) is 19.3. The van der Waals surface area contributed by atoms with Gasteiger partial charge in [0.05, 0.1) is 11.2 Å². The summed E-state index contributed by atoms with van der Waals surface area (Å²) < 4.78 is 2.61. The zero-order valence-corrected chi connectivity index (χ0v) is 21.8. The Morgan fingerprint density at radius 1 is 0.462 bits per heavy atom. The number of benzene rings is 6. The molecule has 0 fully saturated rings. The predicted molar refractivity (Wildman–Crippen MR) is 166 cm³/mol. The van der Waals surface area contributed by atoms with Crippen LogP contribution in [-0.4, -0.2) is 9.97 Å². The maximum Gasteiger partial charge on any atom is 0.160 e. The molecule has 0 aliphatic rings. The summed E-state index contributed by atoms with van der Waals surface area (Å²) in [6, 6.07) is 47.1. The molecule has 2 aromatic heterocycles. The summed E-state index contributed by atoms with van der Waals surface area (Å²) in [5, 5.41) is 6.15. The topological polar surface area (TPSA) is 25.8 Å². The SMILES string of the molecule is c1ccc(-c2ccc(-c3nc(-c4cccc5ccc6c7ccccc7sc6c45)c4ccccc4n3)cc2)cc1. The van der Waals surface area contributed by atoms with Gasteiger partial charge < -0.3 is 0 Å². The Hall–Kier alpha value is -4.86. The fourth-order valence-electron chi connectivity index (χ4n) is 5.60. The van der Waals surface area contributed by atoms with Crippen LogP contribution < -0.4 is 0 Å². The van der Waals surface area contributed by atoms with Crippen LogP contribution in [0.2, 0.25) is 0 Å². The van der Waals surface area contributed by atoms with Gasteiger partial charge in [0.15, 0.2) is 5.82 Å². The minimum atomic E-state index is 0.740. The molecule has 2 nitrogen and oxygen atoms in total. The van der Waals surface area contributed by atoms with Gasteiger partial charge in [-0.3, -0.25) is 0 Å². The minimum Gasteiger partial charge on any atom is -0.228 e. The highest BCUT2D eigenvalue weighted by Crippen LogP contribution is 2.43. The van der Waals surface area contributed by atoms with Gasteiger partial charge in [0.2, 0.25) is 0 Å². The fraction of sp³-hybridized carbons (Fsp3) is 0. The second-order valence-electron chi connectivity index (χ2n) is 9.80. The number of hydrogen-bond donors (Lipinski definition) is 0. The van der Waals surface area contributed by atoms with Crippen molar-refractivity contribution in [2.24, 2.45) is 0 Å². The average Bonchev–Trinajstić information content (AvgIpc) is 3.40. The molecule has 0 N–H and O–H groups in total. The van der Waals surface area contributed by atoms with Gasteiger partial charge in [0.1, 0.15) is 0 Å². The third-order valence-electron chi connectivity index (χ3n) is 7.50. The van der Waals surface area contributed by atoms with Crippen molar-refractivity contribution in [2.45, 2.75) is 0 Å². The lowest BCUT2D eigenvalue weighted by Crippen LogP contribution is -1.96. The highest BCUT2D eigenvalue weighted by atomic mass is 32.1. The first-order valence-corrected chi connectivity index (χ1v) is 13.9. The van der Waals surface area contributed by atoms with Crippen LogP contribution in [0.3, 0.4) is 0 Å². The van der Waals surface area contributed by atoms with Gasteiger partial charge in [0, 0.05) is 42.1 Å². The molecular weight excluding hydrogens is 492 g/mol. The summed E-state index contributed by atoms with van der Waals surface area (Å²) in [5.41, 5.74) is 6.46. The van der Waals surface area contributed by atoms with Crippen molar-refractivity contribution < 1.29 is 0 Å². The van der Waals surface area contributed by atoms with E-state index in [-0.39, 0.29) is 0 Å². The van der Waals surface area contributed by atoms with E-state index in [2.05, 4.69) is 127 Å². The number of rotatable bonds is 3. The summed E-state index contributed by atoms with van der Waals surface area (Å²) in [6.07, 6.45) is 0. The Kier molecular flexibility index (Phi) is 5.04. The highest BCUT2D eigenvalue weighted by Gasteiger charge is 2.17. The molecule has 0 saturated carbocycles. The molecule has 0 unspecified atom stereocenters. The molecule has 0 saturated heterocycles. The van der Waals surface area contributed by atoms with E-state index in [9.17, 15) is 0 Å². The zero-order valence-electron chi connectivity index (χ0n) is 21.0. The molecule has 0 radical (unpaired) electrons. The molecule has 0 aliphatic heterocycles. The summed E-state index contributed by atoms with van der Waals surface area (Å²) in [5.74, 6) is 0.740. The van der Waals surface area contributed by atoms with Gasteiger partial charge in [-0.15, -0.1) is 11.3 Å². The predicted octanol–water partition coefficient (Wildman–Crippen LogP) is 10.2. The van der Waals surface area contributed by atoms with Crippen LogP contribution in [0.15, 0.2) is 133 Å². The van der Waals surface area contributed by atoms with Crippen molar-refractivity contribution in [3.63, 3.8) is 0 Å². The van der Waals surface area contributed by atoms with Crippen molar-refractivity contribution in [1.29, 1.82) is 0 Å². The van der Waals surface area contributed by atoms with Gasteiger partial charge >= 0.3 is 0 Å². The van der Waals surface area contributed by atoms with E-state index < -0.39 is 0 Å².